The van der Waals surface area contributed by atoms with Gasteiger partial charge in [-0.3, -0.25) is 4.79 Å². The van der Waals surface area contributed by atoms with E-state index in [0.717, 1.165) is 37.9 Å². The average Bonchev–Trinajstić information content (AvgIpc) is 3.19. The summed E-state index contributed by atoms with van der Waals surface area (Å²) in [6.07, 6.45) is 0.280. The van der Waals surface area contributed by atoms with Crippen LogP contribution in [0.25, 0.3) is 0 Å². The first-order valence-corrected chi connectivity index (χ1v) is 9.52. The van der Waals surface area contributed by atoms with Crippen molar-refractivity contribution >= 4 is 17.7 Å². The second-order valence-corrected chi connectivity index (χ2v) is 7.40. The molecule has 2 N–H and O–H groups in total. The third-order valence-corrected chi connectivity index (χ3v) is 5.32. The van der Waals surface area contributed by atoms with Gasteiger partial charge in [-0.1, -0.05) is 31.7 Å². The Morgan fingerprint density at radius 3 is 2.43 bits per heavy atom. The van der Waals surface area contributed by atoms with Crippen molar-refractivity contribution in [3.8, 4) is 0 Å². The first kappa shape index (κ1) is 21.7. The number of alkyl halides is 3. The molecule has 0 bridgehead atoms. The van der Waals surface area contributed by atoms with E-state index in [9.17, 15) is 27.2 Å². The van der Waals surface area contributed by atoms with Gasteiger partial charge in [-0.15, -0.1) is 0 Å². The van der Waals surface area contributed by atoms with Gasteiger partial charge in [0.05, 0.1) is 17.0 Å². The van der Waals surface area contributed by atoms with Crippen LogP contribution < -0.4 is 5.32 Å². The zero-order valence-corrected chi connectivity index (χ0v) is 15.9. The van der Waals surface area contributed by atoms with E-state index in [2.05, 4.69) is 10.3 Å². The van der Waals surface area contributed by atoms with Crippen molar-refractivity contribution < 1.29 is 32.3 Å². The summed E-state index contributed by atoms with van der Waals surface area (Å²) in [5.74, 6) is -3.79. The highest BCUT2D eigenvalue weighted by Crippen LogP contribution is 2.38. The molecule has 1 fully saturated rings. The number of amides is 1. The van der Waals surface area contributed by atoms with Gasteiger partial charge >= 0.3 is 12.1 Å². The highest BCUT2D eigenvalue weighted by molar-refractivity contribution is 5.95. The Kier molecular flexibility index (Phi) is 6.38. The Balaban J connectivity index is 1.88. The molecule has 1 aromatic carbocycles. The number of hydrogen-bond acceptors (Lipinski definition) is 3. The molecule has 0 radical (unpaired) electrons. The predicted molar refractivity (Wildman–Crippen MR) is 101 cm³/mol. The Bertz CT molecular complexity index is 923. The third kappa shape index (κ3) is 5.14. The Labute approximate surface area is 170 Å². The van der Waals surface area contributed by atoms with Gasteiger partial charge in [0.2, 0.25) is 5.91 Å². The number of carboxylic acids is 1. The van der Waals surface area contributed by atoms with Gasteiger partial charge in [0.25, 0.3) is 0 Å². The van der Waals surface area contributed by atoms with Crippen LogP contribution in [0.5, 0.6) is 0 Å². The minimum atomic E-state index is -4.87. The second kappa shape index (κ2) is 8.81. The number of rotatable bonds is 6. The van der Waals surface area contributed by atoms with Gasteiger partial charge in [-0.05, 0) is 42.2 Å². The topological polar surface area (TPSA) is 79.3 Å². The molecule has 160 valence electrons. The van der Waals surface area contributed by atoms with Crippen LogP contribution in [0.4, 0.5) is 23.4 Å². The molecule has 0 aliphatic heterocycles. The van der Waals surface area contributed by atoms with E-state index in [1.165, 1.54) is 18.2 Å². The fraction of sp³-hybridized carbons (Fsp3) is 0.381. The maximum absolute atomic E-state index is 13.7. The number of carbonyl (C=O) groups is 2. The summed E-state index contributed by atoms with van der Waals surface area (Å²) in [5, 5.41) is 11.5. The number of benzene rings is 1. The van der Waals surface area contributed by atoms with Crippen LogP contribution in [-0.4, -0.2) is 22.0 Å². The van der Waals surface area contributed by atoms with Gasteiger partial charge in [-0.2, -0.15) is 13.2 Å². The third-order valence-electron chi connectivity index (χ3n) is 5.32. The van der Waals surface area contributed by atoms with Crippen LogP contribution in [0, 0.1) is 11.7 Å². The summed E-state index contributed by atoms with van der Waals surface area (Å²) >= 11 is 0. The number of aromatic nitrogens is 1. The largest absolute Gasteiger partial charge is 0.478 e. The van der Waals surface area contributed by atoms with E-state index in [0.29, 0.717) is 12.5 Å². The Hall–Kier alpha value is -2.97. The van der Waals surface area contributed by atoms with Crippen molar-refractivity contribution in [3.63, 3.8) is 0 Å². The van der Waals surface area contributed by atoms with E-state index in [1.54, 1.807) is 0 Å². The molecular formula is C21H20F4N2O3. The molecular weight excluding hydrogens is 404 g/mol. The number of halogens is 4. The average molecular weight is 424 g/mol. The summed E-state index contributed by atoms with van der Waals surface area (Å²) < 4.78 is 53.2. The fourth-order valence-corrected chi connectivity index (χ4v) is 3.76. The van der Waals surface area contributed by atoms with Crippen LogP contribution in [0.2, 0.25) is 0 Å². The summed E-state index contributed by atoms with van der Waals surface area (Å²) in [6, 6.07) is 5.18. The molecule has 1 aromatic heterocycles. The Morgan fingerprint density at radius 1 is 1.17 bits per heavy atom. The predicted octanol–water partition coefficient (Wildman–Crippen LogP) is 5.24. The molecule has 3 rings (SSSR count). The highest BCUT2D eigenvalue weighted by atomic mass is 19.4. The van der Waals surface area contributed by atoms with Crippen molar-refractivity contribution in [2.24, 2.45) is 5.92 Å². The number of nitrogens with zero attached hydrogens (tertiary/aromatic N) is 1. The first-order chi connectivity index (χ1) is 14.1. The van der Waals surface area contributed by atoms with E-state index >= 15 is 0 Å². The number of carbonyl (C=O) groups excluding carboxylic acids is 1. The molecule has 1 saturated carbocycles. The summed E-state index contributed by atoms with van der Waals surface area (Å²) in [7, 11) is 0. The van der Waals surface area contributed by atoms with Crippen molar-refractivity contribution in [1.29, 1.82) is 0 Å². The monoisotopic (exact) mass is 424 g/mol. The lowest BCUT2D eigenvalue weighted by atomic mass is 9.86. The van der Waals surface area contributed by atoms with Crippen molar-refractivity contribution in [2.45, 2.75) is 44.2 Å². The number of carboxylic acid groups (broad SMARTS) is 1. The number of aromatic carboxylic acids is 1. The molecule has 0 saturated heterocycles. The lowest BCUT2D eigenvalue weighted by Gasteiger charge is -2.21. The summed E-state index contributed by atoms with van der Waals surface area (Å²) in [5.41, 5.74) is -1.40. The minimum absolute atomic E-state index is 0.0659. The first-order valence-electron chi connectivity index (χ1n) is 9.52. The zero-order valence-electron chi connectivity index (χ0n) is 15.9. The Morgan fingerprint density at radius 2 is 1.87 bits per heavy atom. The van der Waals surface area contributed by atoms with E-state index in [4.69, 9.17) is 5.11 Å². The molecule has 1 amide bonds. The molecule has 30 heavy (non-hydrogen) atoms. The molecule has 0 spiro atoms. The van der Waals surface area contributed by atoms with E-state index in [1.807, 2.05) is 0 Å². The maximum atomic E-state index is 13.7. The number of anilines is 1. The molecule has 1 aliphatic rings. The standard InChI is InChI=1S/C21H20F4N2O3/c22-17-7-5-13(10-16(17)21(23,24)25)15(9-12-3-1-2-4-12)19(28)27-18-8-6-14(11-26-18)20(29)30/h5-8,10-12,15H,1-4,9H2,(H,29,30)(H,26,27,28). The van der Waals surface area contributed by atoms with Crippen LogP contribution >= 0.6 is 0 Å². The summed E-state index contributed by atoms with van der Waals surface area (Å²) in [4.78, 5) is 27.7. The van der Waals surface area contributed by atoms with Gasteiger partial charge in [0.15, 0.2) is 0 Å². The lowest BCUT2D eigenvalue weighted by molar-refractivity contribution is -0.140. The SMILES string of the molecule is O=C(O)c1ccc(NC(=O)C(CC2CCCC2)c2ccc(F)c(C(F)(F)F)c2)nc1. The molecule has 9 heteroatoms. The minimum Gasteiger partial charge on any atom is -0.478 e. The summed E-state index contributed by atoms with van der Waals surface area (Å²) in [6.45, 7) is 0. The van der Waals surface area contributed by atoms with Gasteiger partial charge < -0.3 is 10.4 Å². The molecule has 1 heterocycles. The molecule has 1 aliphatic carbocycles. The van der Waals surface area contributed by atoms with Crippen molar-refractivity contribution in [3.05, 3.63) is 59.0 Å². The lowest BCUT2D eigenvalue weighted by Crippen LogP contribution is -2.24. The number of pyridine rings is 1. The molecule has 5 nitrogen and oxygen atoms in total. The van der Waals surface area contributed by atoms with Gasteiger partial charge in [0, 0.05) is 6.20 Å². The van der Waals surface area contributed by atoms with Crippen molar-refractivity contribution in [2.75, 3.05) is 5.32 Å². The molecule has 1 unspecified atom stereocenters. The normalized spacial score (nSPS) is 15.7. The van der Waals surface area contributed by atoms with Gasteiger partial charge in [0.1, 0.15) is 11.6 Å². The second-order valence-electron chi connectivity index (χ2n) is 7.40. The number of hydrogen-bond donors (Lipinski definition) is 2. The van der Waals surface area contributed by atoms with E-state index < -0.39 is 35.4 Å². The smallest absolute Gasteiger partial charge is 0.419 e. The molecule has 2 aromatic rings. The zero-order chi connectivity index (χ0) is 21.9. The molecule has 1 atom stereocenters. The van der Waals surface area contributed by atoms with Crippen LogP contribution in [0.15, 0.2) is 36.5 Å². The van der Waals surface area contributed by atoms with Crippen LogP contribution in [0.1, 0.15) is 59.5 Å². The number of nitrogens with one attached hydrogen (secondary N) is 1. The van der Waals surface area contributed by atoms with Crippen LogP contribution in [-0.2, 0) is 11.0 Å². The van der Waals surface area contributed by atoms with Crippen molar-refractivity contribution in [1.82, 2.24) is 4.98 Å². The fourth-order valence-electron chi connectivity index (χ4n) is 3.76. The maximum Gasteiger partial charge on any atom is 0.419 e. The quantitative estimate of drug-likeness (QED) is 0.622. The van der Waals surface area contributed by atoms with Crippen LogP contribution in [0.3, 0.4) is 0 Å². The van der Waals surface area contributed by atoms with E-state index in [-0.39, 0.29) is 22.9 Å². The van der Waals surface area contributed by atoms with Gasteiger partial charge in [-0.25, -0.2) is 14.2 Å². The highest BCUT2D eigenvalue weighted by Gasteiger charge is 2.36.